The lowest BCUT2D eigenvalue weighted by Gasteiger charge is -2.30. The van der Waals surface area contributed by atoms with Gasteiger partial charge in [0.15, 0.2) is 0 Å². The van der Waals surface area contributed by atoms with Gasteiger partial charge in [-0.2, -0.15) is 0 Å². The molecule has 21 heavy (non-hydrogen) atoms. The summed E-state index contributed by atoms with van der Waals surface area (Å²) in [5.41, 5.74) is 4.07. The van der Waals surface area contributed by atoms with E-state index in [1.165, 1.54) is 16.7 Å². The van der Waals surface area contributed by atoms with Crippen LogP contribution < -0.4 is 0 Å². The van der Waals surface area contributed by atoms with Crippen LogP contribution in [-0.4, -0.2) is 67.5 Å². The van der Waals surface area contributed by atoms with Gasteiger partial charge in [-0.15, -0.1) is 0 Å². The van der Waals surface area contributed by atoms with Crippen LogP contribution in [0.3, 0.4) is 0 Å². The Balaban J connectivity index is 1.90. The highest BCUT2D eigenvalue weighted by atomic mass is 16.5. The molecule has 1 heterocycles. The molecule has 1 aliphatic rings. The molecule has 2 rings (SSSR count). The van der Waals surface area contributed by atoms with Crippen LogP contribution in [0, 0.1) is 13.8 Å². The summed E-state index contributed by atoms with van der Waals surface area (Å²) in [7, 11) is 0. The van der Waals surface area contributed by atoms with E-state index < -0.39 is 0 Å². The van der Waals surface area contributed by atoms with Crippen LogP contribution >= 0.6 is 0 Å². The summed E-state index contributed by atoms with van der Waals surface area (Å²) in [5.74, 6) is 0. The second kappa shape index (κ2) is 8.49. The van der Waals surface area contributed by atoms with Crippen LogP contribution in [-0.2, 0) is 11.3 Å². The van der Waals surface area contributed by atoms with Crippen molar-refractivity contribution < 1.29 is 9.84 Å². The van der Waals surface area contributed by atoms with Gasteiger partial charge in [-0.1, -0.05) is 18.2 Å². The molecular formula is C17H28N2O2. The van der Waals surface area contributed by atoms with Gasteiger partial charge in [0.05, 0.1) is 19.8 Å². The highest BCUT2D eigenvalue weighted by molar-refractivity contribution is 5.32. The van der Waals surface area contributed by atoms with Crippen LogP contribution in [0.25, 0.3) is 0 Å². The van der Waals surface area contributed by atoms with Crippen molar-refractivity contribution in [2.75, 3.05) is 52.5 Å². The number of rotatable bonds is 7. The van der Waals surface area contributed by atoms with Crippen molar-refractivity contribution in [2.24, 2.45) is 0 Å². The average Bonchev–Trinajstić information content (AvgIpc) is 2.50. The molecule has 1 aliphatic heterocycles. The Morgan fingerprint density at radius 3 is 2.67 bits per heavy atom. The topological polar surface area (TPSA) is 35.9 Å². The van der Waals surface area contributed by atoms with E-state index in [2.05, 4.69) is 41.8 Å². The number of nitrogens with zero attached hydrogens (tertiary/aromatic N) is 2. The first-order valence-corrected chi connectivity index (χ1v) is 7.89. The van der Waals surface area contributed by atoms with Gasteiger partial charge >= 0.3 is 0 Å². The fraction of sp³-hybridized carbons (Fsp3) is 0.647. The first kappa shape index (κ1) is 16.4. The molecule has 118 valence electrons. The summed E-state index contributed by atoms with van der Waals surface area (Å²) >= 11 is 0. The maximum absolute atomic E-state index is 9.30. The minimum Gasteiger partial charge on any atom is -0.395 e. The molecule has 4 heteroatoms. The first-order valence-electron chi connectivity index (χ1n) is 7.89. The normalized spacial score (nSPS) is 16.6. The second-order valence-electron chi connectivity index (χ2n) is 5.81. The Morgan fingerprint density at radius 2 is 1.95 bits per heavy atom. The molecule has 1 saturated heterocycles. The van der Waals surface area contributed by atoms with Crippen LogP contribution in [0.4, 0.5) is 0 Å². The van der Waals surface area contributed by atoms with Crippen molar-refractivity contribution in [1.29, 1.82) is 0 Å². The summed E-state index contributed by atoms with van der Waals surface area (Å²) in [6.45, 7) is 12.0. The molecule has 1 aromatic carbocycles. The monoisotopic (exact) mass is 292 g/mol. The van der Waals surface area contributed by atoms with E-state index in [4.69, 9.17) is 4.74 Å². The molecule has 1 fully saturated rings. The van der Waals surface area contributed by atoms with E-state index in [1.54, 1.807) is 0 Å². The van der Waals surface area contributed by atoms with Crippen molar-refractivity contribution in [3.8, 4) is 0 Å². The number of hydrogen-bond acceptors (Lipinski definition) is 4. The fourth-order valence-corrected chi connectivity index (χ4v) is 2.74. The van der Waals surface area contributed by atoms with Gasteiger partial charge in [0.2, 0.25) is 0 Å². The smallest absolute Gasteiger partial charge is 0.0594 e. The second-order valence-corrected chi connectivity index (χ2v) is 5.81. The van der Waals surface area contributed by atoms with E-state index in [1.807, 2.05) is 0 Å². The molecule has 1 N–H and O–H groups in total. The molecule has 0 unspecified atom stereocenters. The number of hydrogen-bond donors (Lipinski definition) is 1. The summed E-state index contributed by atoms with van der Waals surface area (Å²) < 4.78 is 5.38. The van der Waals surface area contributed by atoms with Crippen molar-refractivity contribution >= 4 is 0 Å². The summed E-state index contributed by atoms with van der Waals surface area (Å²) in [6.07, 6.45) is 0. The van der Waals surface area contributed by atoms with Crippen LogP contribution in [0.2, 0.25) is 0 Å². The quantitative estimate of drug-likeness (QED) is 0.825. The zero-order chi connectivity index (χ0) is 15.1. The molecule has 0 spiro atoms. The van der Waals surface area contributed by atoms with E-state index in [0.29, 0.717) is 0 Å². The third-order valence-electron chi connectivity index (χ3n) is 4.36. The first-order chi connectivity index (χ1) is 10.2. The predicted octanol–water partition coefficient (Wildman–Crippen LogP) is 1.43. The van der Waals surface area contributed by atoms with Gasteiger partial charge in [-0.25, -0.2) is 0 Å². The van der Waals surface area contributed by atoms with E-state index >= 15 is 0 Å². The van der Waals surface area contributed by atoms with Gasteiger partial charge < -0.3 is 9.84 Å². The Labute approximate surface area is 128 Å². The largest absolute Gasteiger partial charge is 0.395 e. The number of aliphatic hydroxyl groups excluding tert-OH is 1. The lowest BCUT2D eigenvalue weighted by molar-refractivity contribution is 0.0320. The zero-order valence-corrected chi connectivity index (χ0v) is 13.3. The average molecular weight is 292 g/mol. The van der Waals surface area contributed by atoms with Gasteiger partial charge in [0.1, 0.15) is 0 Å². The SMILES string of the molecule is Cc1cccc(CN(CCO)CCN2CCOCC2)c1C. The Bertz CT molecular complexity index is 431. The number of aliphatic hydroxyl groups is 1. The highest BCUT2D eigenvalue weighted by Gasteiger charge is 2.13. The van der Waals surface area contributed by atoms with E-state index in [0.717, 1.165) is 52.5 Å². The number of morpholine rings is 1. The van der Waals surface area contributed by atoms with Crippen molar-refractivity contribution in [3.05, 3.63) is 34.9 Å². The minimum atomic E-state index is 0.216. The fourth-order valence-electron chi connectivity index (χ4n) is 2.74. The molecular weight excluding hydrogens is 264 g/mol. The van der Waals surface area contributed by atoms with E-state index in [-0.39, 0.29) is 6.61 Å². The van der Waals surface area contributed by atoms with Crippen LogP contribution in [0.5, 0.6) is 0 Å². The van der Waals surface area contributed by atoms with Gasteiger partial charge in [0.25, 0.3) is 0 Å². The Hall–Kier alpha value is -0.940. The maximum atomic E-state index is 9.30. The van der Waals surface area contributed by atoms with Crippen molar-refractivity contribution in [2.45, 2.75) is 20.4 Å². The number of aryl methyl sites for hydroxylation is 1. The highest BCUT2D eigenvalue weighted by Crippen LogP contribution is 2.15. The third kappa shape index (κ3) is 5.08. The van der Waals surface area contributed by atoms with Crippen LogP contribution in [0.15, 0.2) is 18.2 Å². The lowest BCUT2D eigenvalue weighted by atomic mass is 10.0. The number of benzene rings is 1. The summed E-state index contributed by atoms with van der Waals surface area (Å²) in [4.78, 5) is 4.79. The molecule has 1 aromatic rings. The number of ether oxygens (including phenoxy) is 1. The molecule has 0 saturated carbocycles. The maximum Gasteiger partial charge on any atom is 0.0594 e. The molecule has 0 aromatic heterocycles. The zero-order valence-electron chi connectivity index (χ0n) is 13.3. The third-order valence-corrected chi connectivity index (χ3v) is 4.36. The molecule has 0 radical (unpaired) electrons. The molecule has 0 bridgehead atoms. The van der Waals surface area contributed by atoms with Gasteiger partial charge in [-0.05, 0) is 30.5 Å². The van der Waals surface area contributed by atoms with E-state index in [9.17, 15) is 5.11 Å². The van der Waals surface area contributed by atoms with Gasteiger partial charge in [-0.3, -0.25) is 9.80 Å². The van der Waals surface area contributed by atoms with Gasteiger partial charge in [0, 0.05) is 39.3 Å². The molecule has 0 atom stereocenters. The minimum absolute atomic E-state index is 0.216. The molecule has 0 aliphatic carbocycles. The predicted molar refractivity (Wildman–Crippen MR) is 85.5 cm³/mol. The Kier molecular flexibility index (Phi) is 6.64. The molecule has 4 nitrogen and oxygen atoms in total. The summed E-state index contributed by atoms with van der Waals surface area (Å²) in [5, 5.41) is 9.30. The van der Waals surface area contributed by atoms with Crippen LogP contribution in [0.1, 0.15) is 16.7 Å². The lowest BCUT2D eigenvalue weighted by Crippen LogP contribution is -2.42. The van der Waals surface area contributed by atoms with Crippen molar-refractivity contribution in [3.63, 3.8) is 0 Å². The standard InChI is InChI=1S/C17H28N2O2/c1-15-4-3-5-17(16(15)2)14-19(8-11-20)7-6-18-9-12-21-13-10-18/h3-5,20H,6-14H2,1-2H3. The van der Waals surface area contributed by atoms with Crippen molar-refractivity contribution in [1.82, 2.24) is 9.80 Å². The summed E-state index contributed by atoms with van der Waals surface area (Å²) in [6, 6.07) is 6.47. The Morgan fingerprint density at radius 1 is 1.19 bits per heavy atom. The molecule has 0 amide bonds.